The van der Waals surface area contributed by atoms with Crippen molar-refractivity contribution >= 4 is 21.4 Å². The van der Waals surface area contributed by atoms with Crippen molar-refractivity contribution in [1.29, 1.82) is 0 Å². The molecule has 0 aromatic heterocycles. The molecule has 1 heterocycles. The van der Waals surface area contributed by atoms with Crippen molar-refractivity contribution < 1.29 is 8.42 Å². The van der Waals surface area contributed by atoms with Crippen molar-refractivity contribution in [1.82, 2.24) is 0 Å². The lowest BCUT2D eigenvalue weighted by molar-refractivity contribution is 0.589. The lowest BCUT2D eigenvalue weighted by atomic mass is 10.1. The van der Waals surface area contributed by atoms with Gasteiger partial charge in [-0.25, -0.2) is 8.42 Å². The van der Waals surface area contributed by atoms with Crippen LogP contribution in [0.25, 0.3) is 0 Å². The maximum atomic E-state index is 12.2. The van der Waals surface area contributed by atoms with Crippen LogP contribution in [-0.2, 0) is 16.4 Å². The molecule has 5 heteroatoms. The fraction of sp³-hybridized carbons (Fsp3) is 0.500. The average Bonchev–Trinajstić information content (AvgIpc) is 2.72. The van der Waals surface area contributed by atoms with E-state index in [9.17, 15) is 8.42 Å². The number of nitrogens with two attached hydrogens (primary N) is 1. The van der Waals surface area contributed by atoms with E-state index in [1.165, 1.54) is 4.31 Å². The summed E-state index contributed by atoms with van der Waals surface area (Å²) in [4.78, 5) is 0. The maximum Gasteiger partial charge on any atom is 0.235 e. The third-order valence-electron chi connectivity index (χ3n) is 3.11. The Hall–Kier alpha value is -1.23. The van der Waals surface area contributed by atoms with Gasteiger partial charge in [0.2, 0.25) is 10.0 Å². The zero-order chi connectivity index (χ0) is 12.5. The van der Waals surface area contributed by atoms with Crippen LogP contribution in [0.5, 0.6) is 0 Å². The number of nitrogens with zero attached hydrogens (tertiary/aromatic N) is 1. The number of hydrogen-bond donors (Lipinski definition) is 1. The summed E-state index contributed by atoms with van der Waals surface area (Å²) in [6.45, 7) is 2.51. The lowest BCUT2D eigenvalue weighted by Crippen LogP contribution is -2.31. The molecule has 17 heavy (non-hydrogen) atoms. The van der Waals surface area contributed by atoms with E-state index in [1.54, 1.807) is 0 Å². The molecule has 0 radical (unpaired) electrons. The van der Waals surface area contributed by atoms with E-state index < -0.39 is 10.0 Å². The van der Waals surface area contributed by atoms with Gasteiger partial charge in [-0.15, -0.1) is 0 Å². The Bertz CT molecular complexity index is 511. The van der Waals surface area contributed by atoms with Gasteiger partial charge in [0, 0.05) is 17.8 Å². The van der Waals surface area contributed by atoms with Crippen LogP contribution < -0.4 is 10.0 Å². The summed E-state index contributed by atoms with van der Waals surface area (Å²) in [5.41, 5.74) is 8.28. The highest BCUT2D eigenvalue weighted by Gasteiger charge is 2.29. The van der Waals surface area contributed by atoms with Crippen molar-refractivity contribution in [2.24, 2.45) is 0 Å². The predicted molar refractivity (Wildman–Crippen MR) is 70.6 cm³/mol. The first-order valence-electron chi connectivity index (χ1n) is 5.94. The molecule has 0 bridgehead atoms. The zero-order valence-electron chi connectivity index (χ0n) is 10.0. The van der Waals surface area contributed by atoms with Gasteiger partial charge in [-0.05, 0) is 25.0 Å². The smallest absolute Gasteiger partial charge is 0.235 e. The Kier molecular flexibility index (Phi) is 3.28. The molecule has 1 aliphatic rings. The highest BCUT2D eigenvalue weighted by Crippen LogP contribution is 2.34. The van der Waals surface area contributed by atoms with Gasteiger partial charge in [0.25, 0.3) is 0 Å². The number of fused-ring (bicyclic) bond motifs is 1. The molecule has 0 saturated heterocycles. The topological polar surface area (TPSA) is 63.4 Å². The molecule has 0 atom stereocenters. The Morgan fingerprint density at radius 2 is 2.18 bits per heavy atom. The minimum absolute atomic E-state index is 0.220. The second kappa shape index (κ2) is 4.56. The van der Waals surface area contributed by atoms with Gasteiger partial charge in [-0.2, -0.15) is 0 Å². The minimum Gasteiger partial charge on any atom is -0.398 e. The molecular formula is C12H18N2O2S. The Morgan fingerprint density at radius 1 is 1.41 bits per heavy atom. The second-order valence-electron chi connectivity index (χ2n) is 4.34. The minimum atomic E-state index is -3.17. The highest BCUT2D eigenvalue weighted by atomic mass is 32.2. The van der Waals surface area contributed by atoms with Gasteiger partial charge in [0.05, 0.1) is 11.4 Å². The van der Waals surface area contributed by atoms with E-state index in [0.29, 0.717) is 25.1 Å². The molecule has 4 nitrogen and oxygen atoms in total. The molecule has 0 unspecified atom stereocenters. The van der Waals surface area contributed by atoms with Gasteiger partial charge in [0.15, 0.2) is 0 Å². The maximum absolute atomic E-state index is 12.2. The number of benzene rings is 1. The Morgan fingerprint density at radius 3 is 2.88 bits per heavy atom. The van der Waals surface area contributed by atoms with Crippen molar-refractivity contribution in [2.75, 3.05) is 22.3 Å². The SMILES string of the molecule is CCCCS(=O)(=O)N1CCc2c(N)cccc21. The summed E-state index contributed by atoms with van der Waals surface area (Å²) >= 11 is 0. The summed E-state index contributed by atoms with van der Waals surface area (Å²) in [7, 11) is -3.17. The number of nitrogen functional groups attached to an aromatic ring is 1. The van der Waals surface area contributed by atoms with Crippen LogP contribution in [0.4, 0.5) is 11.4 Å². The molecule has 0 amide bonds. The third kappa shape index (κ3) is 2.24. The predicted octanol–water partition coefficient (Wildman–Crippen LogP) is 1.76. The van der Waals surface area contributed by atoms with Crippen LogP contribution in [0.15, 0.2) is 18.2 Å². The molecule has 1 aliphatic heterocycles. The van der Waals surface area contributed by atoms with E-state index in [1.807, 2.05) is 25.1 Å². The first kappa shape index (κ1) is 12.2. The van der Waals surface area contributed by atoms with Gasteiger partial charge in [-0.3, -0.25) is 4.31 Å². The summed E-state index contributed by atoms with van der Waals surface area (Å²) in [5.74, 6) is 0.220. The van der Waals surface area contributed by atoms with E-state index in [-0.39, 0.29) is 5.75 Å². The first-order valence-corrected chi connectivity index (χ1v) is 7.55. The zero-order valence-corrected chi connectivity index (χ0v) is 10.8. The number of unbranched alkanes of at least 4 members (excludes halogenated alkanes) is 1. The molecule has 2 rings (SSSR count). The van der Waals surface area contributed by atoms with Gasteiger partial charge >= 0.3 is 0 Å². The summed E-state index contributed by atoms with van der Waals surface area (Å²) in [5, 5.41) is 0. The van der Waals surface area contributed by atoms with E-state index in [0.717, 1.165) is 17.7 Å². The van der Waals surface area contributed by atoms with Gasteiger partial charge in [-0.1, -0.05) is 19.4 Å². The molecule has 2 N–H and O–H groups in total. The fourth-order valence-corrected chi connectivity index (χ4v) is 3.87. The molecular weight excluding hydrogens is 236 g/mol. The molecule has 0 fully saturated rings. The van der Waals surface area contributed by atoms with Crippen molar-refractivity contribution in [3.05, 3.63) is 23.8 Å². The summed E-state index contributed by atoms with van der Waals surface area (Å²) in [6, 6.07) is 5.46. The van der Waals surface area contributed by atoms with E-state index in [4.69, 9.17) is 5.73 Å². The number of anilines is 2. The normalized spacial score (nSPS) is 15.0. The van der Waals surface area contributed by atoms with Crippen LogP contribution in [0.3, 0.4) is 0 Å². The van der Waals surface area contributed by atoms with Crippen molar-refractivity contribution in [2.45, 2.75) is 26.2 Å². The lowest BCUT2D eigenvalue weighted by Gasteiger charge is -2.19. The third-order valence-corrected chi connectivity index (χ3v) is 4.97. The Labute approximate surface area is 102 Å². The number of hydrogen-bond acceptors (Lipinski definition) is 3. The summed E-state index contributed by atoms with van der Waals surface area (Å²) in [6.07, 6.45) is 2.31. The second-order valence-corrected chi connectivity index (χ2v) is 6.35. The monoisotopic (exact) mass is 254 g/mol. The number of sulfonamides is 1. The largest absolute Gasteiger partial charge is 0.398 e. The first-order chi connectivity index (χ1) is 8.06. The van der Waals surface area contributed by atoms with Crippen LogP contribution in [0.1, 0.15) is 25.3 Å². The van der Waals surface area contributed by atoms with Crippen LogP contribution in [0.2, 0.25) is 0 Å². The molecule has 0 saturated carbocycles. The Balaban J connectivity index is 2.31. The van der Waals surface area contributed by atoms with Crippen molar-refractivity contribution in [3.63, 3.8) is 0 Å². The average molecular weight is 254 g/mol. The van der Waals surface area contributed by atoms with Crippen molar-refractivity contribution in [3.8, 4) is 0 Å². The standard InChI is InChI=1S/C12H18N2O2S/c1-2-3-9-17(15,16)14-8-7-10-11(13)5-4-6-12(10)14/h4-6H,2-3,7-9,13H2,1H3. The molecule has 0 spiro atoms. The molecule has 1 aromatic carbocycles. The van der Waals surface area contributed by atoms with Crippen LogP contribution in [0, 0.1) is 0 Å². The molecule has 0 aliphatic carbocycles. The number of rotatable bonds is 4. The molecule has 1 aromatic rings. The fourth-order valence-electron chi connectivity index (χ4n) is 2.16. The van der Waals surface area contributed by atoms with Gasteiger partial charge in [0.1, 0.15) is 0 Å². The van der Waals surface area contributed by atoms with E-state index >= 15 is 0 Å². The quantitative estimate of drug-likeness (QED) is 0.833. The van der Waals surface area contributed by atoms with E-state index in [2.05, 4.69) is 0 Å². The van der Waals surface area contributed by atoms with Crippen LogP contribution in [-0.4, -0.2) is 20.7 Å². The summed E-state index contributed by atoms with van der Waals surface area (Å²) < 4.78 is 25.8. The van der Waals surface area contributed by atoms with Crippen LogP contribution >= 0.6 is 0 Å². The van der Waals surface area contributed by atoms with Gasteiger partial charge < -0.3 is 5.73 Å². The molecule has 94 valence electrons. The highest BCUT2D eigenvalue weighted by molar-refractivity contribution is 7.92.